The third-order valence-electron chi connectivity index (χ3n) is 8.18. The van der Waals surface area contributed by atoms with Gasteiger partial charge in [-0.05, 0) is 55.6 Å². The third kappa shape index (κ3) is 2.05. The van der Waals surface area contributed by atoms with Crippen molar-refractivity contribution in [3.05, 3.63) is 35.6 Å². The number of fused-ring (bicyclic) bond motifs is 5. The van der Waals surface area contributed by atoms with Gasteiger partial charge in [-0.1, -0.05) is 32.1 Å². The molecule has 0 heterocycles. The van der Waals surface area contributed by atoms with Crippen LogP contribution in [0.25, 0.3) is 0 Å². The molecule has 26 heavy (non-hydrogen) atoms. The maximum Gasteiger partial charge on any atom is 0.155 e. The van der Waals surface area contributed by atoms with Gasteiger partial charge in [0.2, 0.25) is 0 Å². The van der Waals surface area contributed by atoms with Crippen molar-refractivity contribution < 1.29 is 19.0 Å². The Morgan fingerprint density at radius 3 is 2.77 bits per heavy atom. The van der Waals surface area contributed by atoms with Gasteiger partial charge in [-0.15, -0.1) is 0 Å². The molecule has 0 aromatic carbocycles. The monoisotopic (exact) mass is 360 g/mol. The van der Waals surface area contributed by atoms with E-state index in [1.54, 1.807) is 13.2 Å². The molecule has 0 spiro atoms. The minimum absolute atomic E-state index is 0.0476. The molecule has 0 saturated heterocycles. The van der Waals surface area contributed by atoms with Crippen molar-refractivity contribution in [1.82, 2.24) is 0 Å². The number of carbonyl (C=O) groups is 1. The average Bonchev–Trinajstić information content (AvgIpc) is 2.88. The third-order valence-corrected chi connectivity index (χ3v) is 8.18. The Morgan fingerprint density at radius 2 is 2.08 bits per heavy atom. The number of ether oxygens (including phenoxy) is 1. The number of hydrogen-bond donors (Lipinski definition) is 1. The highest BCUT2D eigenvalue weighted by Gasteiger charge is 2.64. The quantitative estimate of drug-likeness (QED) is 0.591. The molecule has 2 fully saturated rings. The normalized spacial score (nSPS) is 47.3. The molecule has 0 aliphatic heterocycles. The van der Waals surface area contributed by atoms with Crippen LogP contribution >= 0.6 is 0 Å². The standard InChI is InChI=1S/C22H29FO3/c1-13(26-4)22(25)10-7-17-15-12-19(23)18-11-14(24)5-8-20(18,2)16(15)6-9-21(17,22)3/h6,11,15,17,19,25H,1,5,7-10,12H2,2-4H3/t15-,17+,19+,20-,21+,22+/m1/s1. The van der Waals surface area contributed by atoms with Crippen LogP contribution in [0.5, 0.6) is 0 Å². The summed E-state index contributed by atoms with van der Waals surface area (Å²) in [4.78, 5) is 11.9. The summed E-state index contributed by atoms with van der Waals surface area (Å²) < 4.78 is 20.5. The summed E-state index contributed by atoms with van der Waals surface area (Å²) in [5, 5.41) is 11.4. The van der Waals surface area contributed by atoms with Crippen LogP contribution in [0.15, 0.2) is 35.6 Å². The second-order valence-corrected chi connectivity index (χ2v) is 9.12. The Morgan fingerprint density at radius 1 is 1.35 bits per heavy atom. The van der Waals surface area contributed by atoms with Crippen LogP contribution in [0.3, 0.4) is 0 Å². The van der Waals surface area contributed by atoms with E-state index in [4.69, 9.17) is 4.74 Å². The molecule has 0 amide bonds. The number of allylic oxidation sites excluding steroid dienone is 4. The van der Waals surface area contributed by atoms with E-state index in [1.165, 1.54) is 5.57 Å². The number of halogens is 1. The van der Waals surface area contributed by atoms with Crippen LogP contribution in [-0.2, 0) is 9.53 Å². The fraction of sp³-hybridized carbons (Fsp3) is 0.682. The van der Waals surface area contributed by atoms with Gasteiger partial charge < -0.3 is 9.84 Å². The molecule has 0 radical (unpaired) electrons. The summed E-state index contributed by atoms with van der Waals surface area (Å²) in [6.45, 7) is 8.17. The summed E-state index contributed by atoms with van der Waals surface area (Å²) >= 11 is 0. The number of methoxy groups -OCH3 is 1. The molecule has 4 heteroatoms. The van der Waals surface area contributed by atoms with Gasteiger partial charge in [-0.3, -0.25) is 4.79 Å². The minimum Gasteiger partial charge on any atom is -0.499 e. The van der Waals surface area contributed by atoms with Crippen molar-refractivity contribution in [3.63, 3.8) is 0 Å². The molecule has 4 aliphatic rings. The van der Waals surface area contributed by atoms with Crippen LogP contribution in [0.4, 0.5) is 4.39 Å². The highest BCUT2D eigenvalue weighted by Crippen LogP contribution is 2.66. The minimum atomic E-state index is -1.08. The summed E-state index contributed by atoms with van der Waals surface area (Å²) in [6.07, 6.45) is 6.50. The number of ketones is 1. The van der Waals surface area contributed by atoms with E-state index >= 15 is 4.39 Å². The Kier molecular flexibility index (Phi) is 3.83. The maximum absolute atomic E-state index is 15.2. The Labute approximate surface area is 155 Å². The molecule has 0 aromatic rings. The first-order valence-electron chi connectivity index (χ1n) is 9.72. The van der Waals surface area contributed by atoms with E-state index in [2.05, 4.69) is 26.5 Å². The van der Waals surface area contributed by atoms with Crippen LogP contribution in [-0.4, -0.2) is 29.8 Å². The summed E-state index contributed by atoms with van der Waals surface area (Å²) in [7, 11) is 1.55. The predicted octanol–water partition coefficient (Wildman–Crippen LogP) is 4.28. The lowest BCUT2D eigenvalue weighted by atomic mass is 9.50. The fourth-order valence-corrected chi connectivity index (χ4v) is 6.50. The van der Waals surface area contributed by atoms with E-state index < -0.39 is 17.2 Å². The fourth-order valence-electron chi connectivity index (χ4n) is 6.50. The van der Waals surface area contributed by atoms with E-state index in [9.17, 15) is 9.90 Å². The van der Waals surface area contributed by atoms with Gasteiger partial charge >= 0.3 is 0 Å². The van der Waals surface area contributed by atoms with Crippen LogP contribution in [0, 0.1) is 22.7 Å². The first kappa shape index (κ1) is 18.0. The van der Waals surface area contributed by atoms with Crippen molar-refractivity contribution in [2.24, 2.45) is 22.7 Å². The van der Waals surface area contributed by atoms with Gasteiger partial charge in [0, 0.05) is 17.3 Å². The zero-order valence-corrected chi connectivity index (χ0v) is 16.0. The molecule has 1 N–H and O–H groups in total. The smallest absolute Gasteiger partial charge is 0.155 e. The molecule has 6 atom stereocenters. The second kappa shape index (κ2) is 5.54. The van der Waals surface area contributed by atoms with Crippen LogP contribution in [0.1, 0.15) is 52.4 Å². The van der Waals surface area contributed by atoms with Crippen molar-refractivity contribution in [2.45, 2.75) is 64.1 Å². The molecule has 4 aliphatic carbocycles. The molecule has 2 saturated carbocycles. The zero-order valence-electron chi connectivity index (χ0n) is 16.0. The lowest BCUT2D eigenvalue weighted by Gasteiger charge is -2.55. The van der Waals surface area contributed by atoms with Gasteiger partial charge in [0.1, 0.15) is 17.5 Å². The summed E-state index contributed by atoms with van der Waals surface area (Å²) in [5.41, 5.74) is 0.154. The number of carbonyl (C=O) groups excluding carboxylic acids is 1. The van der Waals surface area contributed by atoms with Crippen molar-refractivity contribution in [3.8, 4) is 0 Å². The van der Waals surface area contributed by atoms with Gasteiger partial charge in [0.05, 0.1) is 7.11 Å². The van der Waals surface area contributed by atoms with Gasteiger partial charge in [0.25, 0.3) is 0 Å². The lowest BCUT2D eigenvalue weighted by Crippen LogP contribution is -2.53. The van der Waals surface area contributed by atoms with Gasteiger partial charge in [-0.2, -0.15) is 0 Å². The Bertz CT molecular complexity index is 738. The van der Waals surface area contributed by atoms with Crippen molar-refractivity contribution in [1.29, 1.82) is 0 Å². The zero-order chi connectivity index (χ0) is 18.9. The van der Waals surface area contributed by atoms with Crippen molar-refractivity contribution >= 4 is 5.78 Å². The lowest BCUT2D eigenvalue weighted by molar-refractivity contribution is -0.116. The number of alkyl halides is 1. The summed E-state index contributed by atoms with van der Waals surface area (Å²) in [5.74, 6) is 0.778. The maximum atomic E-state index is 15.2. The molecule has 142 valence electrons. The molecule has 0 aromatic heterocycles. The highest BCUT2D eigenvalue weighted by molar-refractivity contribution is 5.92. The molecule has 0 bridgehead atoms. The largest absolute Gasteiger partial charge is 0.499 e. The van der Waals surface area contributed by atoms with Crippen molar-refractivity contribution in [2.75, 3.05) is 7.11 Å². The SMILES string of the molecule is C=C(OC)[C@@]1(O)CC[C@H]2[C@@H]3C[C@H](F)C4=CC(=O)CC[C@]4(C)C3=CC[C@@]21C. The number of rotatable bonds is 2. The Balaban J connectivity index is 1.79. The van der Waals surface area contributed by atoms with E-state index in [0.29, 0.717) is 37.0 Å². The first-order valence-corrected chi connectivity index (χ1v) is 9.72. The first-order chi connectivity index (χ1) is 12.2. The number of hydrogen-bond acceptors (Lipinski definition) is 3. The van der Waals surface area contributed by atoms with Gasteiger partial charge in [-0.25, -0.2) is 4.39 Å². The van der Waals surface area contributed by atoms with Crippen LogP contribution in [0.2, 0.25) is 0 Å². The average molecular weight is 360 g/mol. The predicted molar refractivity (Wildman–Crippen MR) is 98.1 cm³/mol. The molecule has 4 rings (SSSR count). The van der Waals surface area contributed by atoms with E-state index in [-0.39, 0.29) is 23.0 Å². The van der Waals surface area contributed by atoms with E-state index in [0.717, 1.165) is 12.8 Å². The molecular formula is C22H29FO3. The highest BCUT2D eigenvalue weighted by atomic mass is 19.1. The Hall–Kier alpha value is -1.42. The topological polar surface area (TPSA) is 46.5 Å². The summed E-state index contributed by atoms with van der Waals surface area (Å²) in [6, 6.07) is 0. The van der Waals surface area contributed by atoms with E-state index in [1.807, 2.05) is 0 Å². The van der Waals surface area contributed by atoms with Crippen LogP contribution < -0.4 is 0 Å². The number of aliphatic hydroxyl groups is 1. The molecule has 3 nitrogen and oxygen atoms in total. The second-order valence-electron chi connectivity index (χ2n) is 9.12. The molecule has 0 unspecified atom stereocenters. The molecular weight excluding hydrogens is 331 g/mol. The van der Waals surface area contributed by atoms with Gasteiger partial charge in [0.15, 0.2) is 5.78 Å².